The molecule has 6 unspecified atom stereocenters. The number of aliphatic hydroxyl groups is 1. The van der Waals surface area contributed by atoms with E-state index in [-0.39, 0.29) is 5.41 Å². The van der Waals surface area contributed by atoms with E-state index in [1.165, 1.54) is 70.6 Å². The number of rotatable bonds is 4. The first-order valence-electron chi connectivity index (χ1n) is 14.6. The lowest BCUT2D eigenvalue weighted by molar-refractivity contribution is -0.0179. The van der Waals surface area contributed by atoms with Gasteiger partial charge in [0.25, 0.3) is 0 Å². The Bertz CT molecular complexity index is 738. The smallest absolute Gasteiger partial charge is 0.0686 e. The molecule has 5 aliphatic rings. The van der Waals surface area contributed by atoms with Crippen LogP contribution in [-0.4, -0.2) is 35.4 Å². The molecule has 2 heterocycles. The van der Waals surface area contributed by atoms with Gasteiger partial charge in [-0.15, -0.1) is 0 Å². The summed E-state index contributed by atoms with van der Waals surface area (Å²) in [6.07, 6.45) is 14.1. The molecular formula is C29H50N4O. The minimum absolute atomic E-state index is 0.185. The predicted molar refractivity (Wildman–Crippen MR) is 137 cm³/mol. The van der Waals surface area contributed by atoms with E-state index in [1.807, 2.05) is 13.8 Å². The molecule has 0 radical (unpaired) electrons. The summed E-state index contributed by atoms with van der Waals surface area (Å²) in [5.74, 6) is 5.04. The first-order valence-corrected chi connectivity index (χ1v) is 14.6. The zero-order valence-electron chi connectivity index (χ0n) is 22.2. The lowest BCUT2D eigenvalue weighted by Crippen LogP contribution is -2.58. The zero-order valence-corrected chi connectivity index (χ0v) is 22.2. The summed E-state index contributed by atoms with van der Waals surface area (Å²) in [5.41, 5.74) is 6.82. The lowest BCUT2D eigenvalue weighted by Gasteiger charge is -2.50. The Morgan fingerprint density at radius 2 is 1.35 bits per heavy atom. The quantitative estimate of drug-likeness (QED) is 0.476. The molecule has 0 spiro atoms. The van der Waals surface area contributed by atoms with Crippen LogP contribution in [0.25, 0.3) is 0 Å². The van der Waals surface area contributed by atoms with E-state index >= 15 is 0 Å². The minimum Gasteiger partial charge on any atom is -0.390 e. The van der Waals surface area contributed by atoms with Crippen LogP contribution in [0.1, 0.15) is 98.3 Å². The van der Waals surface area contributed by atoms with E-state index < -0.39 is 5.60 Å². The molecule has 0 amide bonds. The van der Waals surface area contributed by atoms with Crippen molar-refractivity contribution in [1.29, 1.82) is 5.26 Å². The van der Waals surface area contributed by atoms with E-state index in [0.717, 1.165) is 36.1 Å². The summed E-state index contributed by atoms with van der Waals surface area (Å²) in [6, 6.07) is 4.42. The summed E-state index contributed by atoms with van der Waals surface area (Å²) < 4.78 is 0. The van der Waals surface area contributed by atoms with Crippen molar-refractivity contribution in [1.82, 2.24) is 16.2 Å². The molecule has 4 N–H and O–H groups in total. The normalized spacial score (nSPS) is 45.8. The molecule has 5 heteroatoms. The SMILES string of the molecule is CC(C)(O)C1CCC(C2CCC3NCC4NNC(C5CCC(C(C)(C)C#N)CC5)C4C3C2)CC1. The highest BCUT2D eigenvalue weighted by molar-refractivity contribution is 5.08. The second-order valence-corrected chi connectivity index (χ2v) is 14.0. The highest BCUT2D eigenvalue weighted by Gasteiger charge is 2.52. The number of hydrogen-bond acceptors (Lipinski definition) is 5. The van der Waals surface area contributed by atoms with Gasteiger partial charge in [-0.05, 0) is 140 Å². The molecule has 3 aliphatic carbocycles. The first-order chi connectivity index (χ1) is 16.2. The molecule has 5 nitrogen and oxygen atoms in total. The van der Waals surface area contributed by atoms with Crippen LogP contribution in [0.3, 0.4) is 0 Å². The average Bonchev–Trinajstić information content (AvgIpc) is 3.28. The van der Waals surface area contributed by atoms with Gasteiger partial charge < -0.3 is 10.4 Å². The molecule has 3 saturated carbocycles. The van der Waals surface area contributed by atoms with Crippen LogP contribution in [0.5, 0.6) is 0 Å². The van der Waals surface area contributed by atoms with E-state index in [9.17, 15) is 10.4 Å². The second kappa shape index (κ2) is 9.66. The average molecular weight is 471 g/mol. The molecule has 192 valence electrons. The maximum Gasteiger partial charge on any atom is 0.0686 e. The highest BCUT2D eigenvalue weighted by atomic mass is 16.3. The molecule has 2 saturated heterocycles. The Morgan fingerprint density at radius 3 is 2.00 bits per heavy atom. The van der Waals surface area contributed by atoms with Gasteiger partial charge in [-0.2, -0.15) is 5.26 Å². The third-order valence-electron chi connectivity index (χ3n) is 11.4. The van der Waals surface area contributed by atoms with Crippen molar-refractivity contribution >= 4 is 0 Å². The zero-order chi connectivity index (χ0) is 24.1. The molecule has 0 aromatic carbocycles. The number of hydrogen-bond donors (Lipinski definition) is 4. The lowest BCUT2D eigenvalue weighted by atomic mass is 9.59. The van der Waals surface area contributed by atoms with Gasteiger partial charge >= 0.3 is 0 Å². The third-order valence-corrected chi connectivity index (χ3v) is 11.4. The number of nitrogens with zero attached hydrogens (tertiary/aromatic N) is 1. The van der Waals surface area contributed by atoms with Crippen molar-refractivity contribution in [2.75, 3.05) is 6.54 Å². The van der Waals surface area contributed by atoms with Gasteiger partial charge in [-0.3, -0.25) is 10.9 Å². The number of nitrogens with one attached hydrogen (secondary N) is 3. The van der Waals surface area contributed by atoms with Gasteiger partial charge in [0.05, 0.1) is 17.1 Å². The monoisotopic (exact) mass is 470 g/mol. The molecule has 5 rings (SSSR count). The number of piperidine rings is 1. The van der Waals surface area contributed by atoms with Gasteiger partial charge in [0.2, 0.25) is 0 Å². The van der Waals surface area contributed by atoms with Gasteiger partial charge in [0.1, 0.15) is 0 Å². The highest BCUT2D eigenvalue weighted by Crippen LogP contribution is 2.50. The standard InChI is InChI=1S/C29H50N4O/c1-28(2,17-30)21-10-7-19(8-11-21)27-26-23-15-20(9-14-24(23)31-16-25(26)32-33-27)18-5-12-22(13-6-18)29(3,4)34/h18-27,31-34H,5-16H2,1-4H3. The summed E-state index contributed by atoms with van der Waals surface area (Å²) in [6.45, 7) is 9.39. The molecular weight excluding hydrogens is 420 g/mol. The first kappa shape index (κ1) is 25.0. The summed E-state index contributed by atoms with van der Waals surface area (Å²) in [7, 11) is 0. The van der Waals surface area contributed by atoms with Gasteiger partial charge in [-0.25, -0.2) is 0 Å². The summed E-state index contributed by atoms with van der Waals surface area (Å²) >= 11 is 0. The number of fused-ring (bicyclic) bond motifs is 3. The fraction of sp³-hybridized carbons (Fsp3) is 0.966. The van der Waals surface area contributed by atoms with Gasteiger partial charge in [0, 0.05) is 24.7 Å². The Labute approximate surface area is 208 Å². The van der Waals surface area contributed by atoms with Crippen molar-refractivity contribution in [2.45, 2.75) is 122 Å². The van der Waals surface area contributed by atoms with Crippen molar-refractivity contribution in [3.8, 4) is 6.07 Å². The fourth-order valence-corrected chi connectivity index (χ4v) is 9.04. The minimum atomic E-state index is -0.515. The molecule has 34 heavy (non-hydrogen) atoms. The fourth-order valence-electron chi connectivity index (χ4n) is 9.04. The topological polar surface area (TPSA) is 80.1 Å². The van der Waals surface area contributed by atoms with Crippen LogP contribution in [0, 0.1) is 58.2 Å². The molecule has 2 aliphatic heterocycles. The Kier molecular flexibility index (Phi) is 7.10. The van der Waals surface area contributed by atoms with E-state index in [4.69, 9.17) is 0 Å². The molecule has 0 aromatic heterocycles. The molecule has 0 bridgehead atoms. The van der Waals surface area contributed by atoms with Crippen LogP contribution in [-0.2, 0) is 0 Å². The van der Waals surface area contributed by atoms with Crippen LogP contribution in [0.15, 0.2) is 0 Å². The largest absolute Gasteiger partial charge is 0.390 e. The van der Waals surface area contributed by atoms with Crippen LogP contribution >= 0.6 is 0 Å². The van der Waals surface area contributed by atoms with E-state index in [1.54, 1.807) is 0 Å². The van der Waals surface area contributed by atoms with Crippen molar-refractivity contribution < 1.29 is 5.11 Å². The van der Waals surface area contributed by atoms with Gasteiger partial charge in [0.15, 0.2) is 0 Å². The predicted octanol–water partition coefficient (Wildman–Crippen LogP) is 4.77. The van der Waals surface area contributed by atoms with Crippen molar-refractivity contribution in [3.05, 3.63) is 0 Å². The van der Waals surface area contributed by atoms with Crippen molar-refractivity contribution in [2.24, 2.45) is 46.8 Å². The second-order valence-electron chi connectivity index (χ2n) is 14.0. The molecule has 6 atom stereocenters. The van der Waals surface area contributed by atoms with E-state index in [0.29, 0.717) is 30.0 Å². The molecule has 5 fully saturated rings. The van der Waals surface area contributed by atoms with E-state index in [2.05, 4.69) is 36.1 Å². The maximum absolute atomic E-state index is 10.5. The van der Waals surface area contributed by atoms with Crippen LogP contribution < -0.4 is 16.2 Å². The van der Waals surface area contributed by atoms with Gasteiger partial charge in [-0.1, -0.05) is 0 Å². The van der Waals surface area contributed by atoms with Crippen LogP contribution in [0.2, 0.25) is 0 Å². The van der Waals surface area contributed by atoms with Crippen LogP contribution in [0.4, 0.5) is 0 Å². The Hall–Kier alpha value is -0.670. The third kappa shape index (κ3) is 4.82. The van der Waals surface area contributed by atoms with Crippen molar-refractivity contribution in [3.63, 3.8) is 0 Å². The number of nitriles is 1. The maximum atomic E-state index is 10.5. The Morgan fingerprint density at radius 1 is 0.735 bits per heavy atom. The Balaban J connectivity index is 1.22. The number of hydrazine groups is 1. The molecule has 0 aromatic rings. The summed E-state index contributed by atoms with van der Waals surface area (Å²) in [5, 5.41) is 24.0. The summed E-state index contributed by atoms with van der Waals surface area (Å²) in [4.78, 5) is 0.